The van der Waals surface area contributed by atoms with Gasteiger partial charge in [0.25, 0.3) is 0 Å². The van der Waals surface area contributed by atoms with Crippen LogP contribution in [0, 0.1) is 13.8 Å². The minimum Gasteiger partial charge on any atom is -0.424 e. The van der Waals surface area contributed by atoms with Gasteiger partial charge >= 0.3 is 6.01 Å². The molecule has 106 valence electrons. The number of rotatable bonds is 4. The smallest absolute Gasteiger partial charge is 0.328 e. The van der Waals surface area contributed by atoms with E-state index in [1.165, 1.54) is 5.56 Å². The largest absolute Gasteiger partial charge is 0.424 e. The lowest BCUT2D eigenvalue weighted by Gasteiger charge is -2.13. The molecule has 6 nitrogen and oxygen atoms in total. The Kier molecular flexibility index (Phi) is 4.02. The second-order valence-electron chi connectivity index (χ2n) is 4.76. The van der Waals surface area contributed by atoms with Crippen molar-refractivity contribution >= 4 is 11.9 Å². The highest BCUT2D eigenvalue weighted by Crippen LogP contribution is 2.24. The number of benzene rings is 1. The van der Waals surface area contributed by atoms with Crippen LogP contribution in [0.5, 0.6) is 11.8 Å². The van der Waals surface area contributed by atoms with Crippen LogP contribution in [-0.2, 0) is 0 Å². The zero-order valence-corrected chi connectivity index (χ0v) is 12.4. The van der Waals surface area contributed by atoms with Crippen molar-refractivity contribution in [2.75, 3.05) is 31.4 Å². The standard InChI is InChI=1S/C14H19N5O/c1-9-6-7-11(10(2)8-9)20-14-17-12(15-3)16-13(18-14)19(4)5/h6-8H,1-5H3,(H,15,16,17,18). The molecule has 2 rings (SSSR count). The van der Waals surface area contributed by atoms with E-state index in [1.807, 2.05) is 40.1 Å². The Morgan fingerprint density at radius 3 is 2.45 bits per heavy atom. The molecule has 0 saturated heterocycles. The first-order valence-corrected chi connectivity index (χ1v) is 6.36. The zero-order chi connectivity index (χ0) is 14.7. The first-order valence-electron chi connectivity index (χ1n) is 6.36. The zero-order valence-electron chi connectivity index (χ0n) is 12.4. The van der Waals surface area contributed by atoms with Crippen molar-refractivity contribution in [1.82, 2.24) is 15.0 Å². The third-order valence-corrected chi connectivity index (χ3v) is 2.76. The Morgan fingerprint density at radius 2 is 1.85 bits per heavy atom. The van der Waals surface area contributed by atoms with E-state index >= 15 is 0 Å². The lowest BCUT2D eigenvalue weighted by Crippen LogP contribution is -2.15. The molecule has 6 heteroatoms. The van der Waals surface area contributed by atoms with Crippen LogP contribution < -0.4 is 15.0 Å². The topological polar surface area (TPSA) is 63.2 Å². The van der Waals surface area contributed by atoms with Crippen LogP contribution in [0.15, 0.2) is 18.2 Å². The van der Waals surface area contributed by atoms with Gasteiger partial charge in [-0.1, -0.05) is 17.7 Å². The molecule has 0 aliphatic heterocycles. The van der Waals surface area contributed by atoms with Crippen molar-refractivity contribution < 1.29 is 4.74 Å². The predicted molar refractivity (Wildman–Crippen MR) is 79.7 cm³/mol. The van der Waals surface area contributed by atoms with Crippen molar-refractivity contribution in [2.45, 2.75) is 13.8 Å². The molecule has 0 saturated carbocycles. The van der Waals surface area contributed by atoms with Gasteiger partial charge in [0.15, 0.2) is 0 Å². The summed E-state index contributed by atoms with van der Waals surface area (Å²) in [5.41, 5.74) is 2.23. The summed E-state index contributed by atoms with van der Waals surface area (Å²) in [6.07, 6.45) is 0. The number of aryl methyl sites for hydroxylation is 2. The van der Waals surface area contributed by atoms with Crippen LogP contribution in [0.4, 0.5) is 11.9 Å². The van der Waals surface area contributed by atoms with Crippen molar-refractivity contribution in [3.8, 4) is 11.8 Å². The monoisotopic (exact) mass is 273 g/mol. The molecular weight excluding hydrogens is 254 g/mol. The highest BCUT2D eigenvalue weighted by atomic mass is 16.5. The SMILES string of the molecule is CNc1nc(Oc2ccc(C)cc2C)nc(N(C)C)n1. The molecule has 2 aromatic rings. The fourth-order valence-corrected chi connectivity index (χ4v) is 1.72. The number of aromatic nitrogens is 3. The van der Waals surface area contributed by atoms with Crippen molar-refractivity contribution in [2.24, 2.45) is 0 Å². The minimum absolute atomic E-state index is 0.278. The molecule has 0 fully saturated rings. The van der Waals surface area contributed by atoms with E-state index in [1.54, 1.807) is 11.9 Å². The summed E-state index contributed by atoms with van der Waals surface area (Å²) >= 11 is 0. The van der Waals surface area contributed by atoms with Gasteiger partial charge in [-0.3, -0.25) is 0 Å². The summed E-state index contributed by atoms with van der Waals surface area (Å²) in [7, 11) is 5.50. The molecule has 1 aromatic carbocycles. The van der Waals surface area contributed by atoms with Gasteiger partial charge in [0.05, 0.1) is 0 Å². The number of nitrogens with one attached hydrogen (secondary N) is 1. The molecular formula is C14H19N5O. The average molecular weight is 273 g/mol. The van der Waals surface area contributed by atoms with Crippen molar-refractivity contribution in [1.29, 1.82) is 0 Å². The number of anilines is 2. The normalized spacial score (nSPS) is 10.2. The first kappa shape index (κ1) is 14.0. The molecule has 0 radical (unpaired) electrons. The molecule has 1 N–H and O–H groups in total. The van der Waals surface area contributed by atoms with Gasteiger partial charge in [-0.2, -0.15) is 15.0 Å². The first-order chi connectivity index (χ1) is 9.49. The molecule has 0 atom stereocenters. The molecule has 0 unspecified atom stereocenters. The van der Waals surface area contributed by atoms with Gasteiger partial charge in [-0.25, -0.2) is 0 Å². The maximum atomic E-state index is 5.77. The molecule has 20 heavy (non-hydrogen) atoms. The van der Waals surface area contributed by atoms with E-state index in [0.29, 0.717) is 11.9 Å². The Morgan fingerprint density at radius 1 is 1.10 bits per heavy atom. The predicted octanol–water partition coefficient (Wildman–Crippen LogP) is 2.39. The molecule has 0 bridgehead atoms. The van der Waals surface area contributed by atoms with Crippen LogP contribution in [0.3, 0.4) is 0 Å². The Labute approximate surface area is 118 Å². The lowest BCUT2D eigenvalue weighted by atomic mass is 10.1. The fraction of sp³-hybridized carbons (Fsp3) is 0.357. The van der Waals surface area contributed by atoms with E-state index in [-0.39, 0.29) is 6.01 Å². The third kappa shape index (κ3) is 3.14. The van der Waals surface area contributed by atoms with Gasteiger partial charge in [-0.15, -0.1) is 0 Å². The van der Waals surface area contributed by atoms with E-state index in [4.69, 9.17) is 4.74 Å². The highest BCUT2D eigenvalue weighted by Gasteiger charge is 2.10. The van der Waals surface area contributed by atoms with Gasteiger partial charge in [0.2, 0.25) is 11.9 Å². The Bertz CT molecular complexity index is 613. The summed E-state index contributed by atoms with van der Waals surface area (Å²) < 4.78 is 5.77. The molecule has 0 amide bonds. The summed E-state index contributed by atoms with van der Waals surface area (Å²) in [5.74, 6) is 1.76. The van der Waals surface area contributed by atoms with Gasteiger partial charge in [0.1, 0.15) is 5.75 Å². The second kappa shape index (κ2) is 5.73. The van der Waals surface area contributed by atoms with Crippen LogP contribution >= 0.6 is 0 Å². The number of hydrogen-bond acceptors (Lipinski definition) is 6. The minimum atomic E-state index is 0.278. The van der Waals surface area contributed by atoms with Crippen molar-refractivity contribution in [3.05, 3.63) is 29.3 Å². The van der Waals surface area contributed by atoms with Crippen molar-refractivity contribution in [3.63, 3.8) is 0 Å². The molecule has 0 aliphatic carbocycles. The maximum Gasteiger partial charge on any atom is 0.328 e. The molecule has 0 aliphatic rings. The van der Waals surface area contributed by atoms with Gasteiger partial charge in [0, 0.05) is 21.1 Å². The van der Waals surface area contributed by atoms with E-state index in [0.717, 1.165) is 11.3 Å². The summed E-state index contributed by atoms with van der Waals surface area (Å²) in [4.78, 5) is 14.5. The van der Waals surface area contributed by atoms with E-state index in [2.05, 4.69) is 26.3 Å². The quantitative estimate of drug-likeness (QED) is 0.922. The summed E-state index contributed by atoms with van der Waals surface area (Å²) in [6, 6.07) is 6.25. The van der Waals surface area contributed by atoms with Crippen LogP contribution in [-0.4, -0.2) is 36.1 Å². The van der Waals surface area contributed by atoms with Crippen LogP contribution in [0.1, 0.15) is 11.1 Å². The summed E-state index contributed by atoms with van der Waals surface area (Å²) in [5, 5.41) is 2.90. The number of nitrogens with zero attached hydrogens (tertiary/aromatic N) is 4. The van der Waals surface area contributed by atoms with Gasteiger partial charge in [-0.05, 0) is 25.5 Å². The average Bonchev–Trinajstić information content (AvgIpc) is 2.41. The van der Waals surface area contributed by atoms with E-state index in [9.17, 15) is 0 Å². The number of ether oxygens (including phenoxy) is 1. The molecule has 0 spiro atoms. The Balaban J connectivity index is 2.34. The maximum absolute atomic E-state index is 5.77. The van der Waals surface area contributed by atoms with Crippen LogP contribution in [0.25, 0.3) is 0 Å². The second-order valence-corrected chi connectivity index (χ2v) is 4.76. The van der Waals surface area contributed by atoms with Gasteiger partial charge < -0.3 is 15.0 Å². The lowest BCUT2D eigenvalue weighted by molar-refractivity contribution is 0.437. The highest BCUT2D eigenvalue weighted by molar-refractivity contribution is 5.40. The van der Waals surface area contributed by atoms with E-state index < -0.39 is 0 Å². The van der Waals surface area contributed by atoms with Crippen LogP contribution in [0.2, 0.25) is 0 Å². The molecule has 1 aromatic heterocycles. The third-order valence-electron chi connectivity index (χ3n) is 2.76. The Hall–Kier alpha value is -2.37. The fourth-order valence-electron chi connectivity index (χ4n) is 1.72. The molecule has 1 heterocycles. The summed E-state index contributed by atoms with van der Waals surface area (Å²) in [6.45, 7) is 4.04. The number of hydrogen-bond donors (Lipinski definition) is 1.